The van der Waals surface area contributed by atoms with Crippen LogP contribution in [-0.2, 0) is 9.59 Å². The lowest BCUT2D eigenvalue weighted by atomic mass is 9.78. The second-order valence-corrected chi connectivity index (χ2v) is 4.85. The Morgan fingerprint density at radius 3 is 2.37 bits per heavy atom. The molecule has 0 aliphatic heterocycles. The number of halogens is 3. The van der Waals surface area contributed by atoms with Crippen molar-refractivity contribution >= 4 is 11.9 Å². The van der Waals surface area contributed by atoms with Crippen molar-refractivity contribution in [1.82, 2.24) is 5.32 Å². The SMILES string of the molecule is CC[C@H](NC(=O)C1CCCCC1C(F)(F)F)C(=O)O. The van der Waals surface area contributed by atoms with Gasteiger partial charge in [0.2, 0.25) is 5.91 Å². The van der Waals surface area contributed by atoms with Gasteiger partial charge < -0.3 is 10.4 Å². The molecule has 0 aromatic rings. The smallest absolute Gasteiger partial charge is 0.392 e. The maximum absolute atomic E-state index is 12.8. The maximum atomic E-state index is 12.8. The fourth-order valence-corrected chi connectivity index (χ4v) is 2.45. The lowest BCUT2D eigenvalue weighted by Gasteiger charge is -2.32. The summed E-state index contributed by atoms with van der Waals surface area (Å²) in [4.78, 5) is 22.6. The number of alkyl halides is 3. The average Bonchev–Trinajstić information content (AvgIpc) is 2.34. The van der Waals surface area contributed by atoms with E-state index in [2.05, 4.69) is 5.32 Å². The summed E-state index contributed by atoms with van der Waals surface area (Å²) in [5.41, 5.74) is 0. The molecule has 19 heavy (non-hydrogen) atoms. The average molecular weight is 281 g/mol. The molecule has 1 saturated carbocycles. The van der Waals surface area contributed by atoms with E-state index in [1.165, 1.54) is 0 Å². The molecule has 1 aliphatic rings. The van der Waals surface area contributed by atoms with Gasteiger partial charge in [-0.05, 0) is 19.3 Å². The highest BCUT2D eigenvalue weighted by Crippen LogP contribution is 2.41. The zero-order valence-electron chi connectivity index (χ0n) is 10.7. The fraction of sp³-hybridized carbons (Fsp3) is 0.833. The molecule has 0 heterocycles. The van der Waals surface area contributed by atoms with Crippen LogP contribution in [0.15, 0.2) is 0 Å². The van der Waals surface area contributed by atoms with Gasteiger partial charge in [0.05, 0.1) is 5.92 Å². The summed E-state index contributed by atoms with van der Waals surface area (Å²) in [5, 5.41) is 11.0. The van der Waals surface area contributed by atoms with E-state index >= 15 is 0 Å². The van der Waals surface area contributed by atoms with Crippen LogP contribution in [0.4, 0.5) is 13.2 Å². The molecule has 0 saturated heterocycles. The van der Waals surface area contributed by atoms with Gasteiger partial charge in [-0.3, -0.25) is 4.79 Å². The fourth-order valence-electron chi connectivity index (χ4n) is 2.45. The Morgan fingerprint density at radius 1 is 1.32 bits per heavy atom. The Kier molecular flexibility index (Phi) is 5.20. The van der Waals surface area contributed by atoms with Crippen LogP contribution < -0.4 is 5.32 Å². The van der Waals surface area contributed by atoms with Crippen molar-refractivity contribution in [3.63, 3.8) is 0 Å². The topological polar surface area (TPSA) is 66.4 Å². The molecule has 1 fully saturated rings. The van der Waals surface area contributed by atoms with E-state index in [9.17, 15) is 22.8 Å². The van der Waals surface area contributed by atoms with Crippen LogP contribution in [-0.4, -0.2) is 29.2 Å². The van der Waals surface area contributed by atoms with Crippen LogP contribution in [0.5, 0.6) is 0 Å². The van der Waals surface area contributed by atoms with Crippen molar-refractivity contribution in [2.45, 2.75) is 51.2 Å². The van der Waals surface area contributed by atoms with Crippen LogP contribution in [0.3, 0.4) is 0 Å². The highest BCUT2D eigenvalue weighted by molar-refractivity contribution is 5.85. The third-order valence-electron chi connectivity index (χ3n) is 3.55. The van der Waals surface area contributed by atoms with Crippen LogP contribution in [0, 0.1) is 11.8 Å². The van der Waals surface area contributed by atoms with Crippen LogP contribution in [0.25, 0.3) is 0 Å². The number of hydrogen-bond donors (Lipinski definition) is 2. The monoisotopic (exact) mass is 281 g/mol. The number of aliphatic carboxylic acids is 1. The van der Waals surface area contributed by atoms with Crippen molar-refractivity contribution in [1.29, 1.82) is 0 Å². The first-order chi connectivity index (χ1) is 8.77. The van der Waals surface area contributed by atoms with E-state index in [0.29, 0.717) is 12.8 Å². The summed E-state index contributed by atoms with van der Waals surface area (Å²) in [5.74, 6) is -4.85. The summed E-state index contributed by atoms with van der Waals surface area (Å²) >= 11 is 0. The molecule has 3 atom stereocenters. The first kappa shape index (κ1) is 15.8. The Labute approximate surface area is 109 Å². The Morgan fingerprint density at radius 2 is 1.89 bits per heavy atom. The molecule has 1 aliphatic carbocycles. The van der Waals surface area contributed by atoms with E-state index in [1.54, 1.807) is 6.92 Å². The molecule has 2 N–H and O–H groups in total. The minimum Gasteiger partial charge on any atom is -0.480 e. The van der Waals surface area contributed by atoms with Gasteiger partial charge in [-0.2, -0.15) is 13.2 Å². The first-order valence-electron chi connectivity index (χ1n) is 6.37. The minimum absolute atomic E-state index is 0.0640. The Hall–Kier alpha value is -1.27. The molecule has 0 spiro atoms. The summed E-state index contributed by atoms with van der Waals surface area (Å²) in [6.07, 6.45) is -3.16. The number of nitrogens with one attached hydrogen (secondary N) is 1. The van der Waals surface area contributed by atoms with Gasteiger partial charge in [0.25, 0.3) is 0 Å². The van der Waals surface area contributed by atoms with E-state index in [1.807, 2.05) is 0 Å². The molecule has 7 heteroatoms. The van der Waals surface area contributed by atoms with Crippen molar-refractivity contribution in [3.8, 4) is 0 Å². The normalized spacial score (nSPS) is 25.7. The van der Waals surface area contributed by atoms with E-state index < -0.39 is 35.9 Å². The summed E-state index contributed by atoms with van der Waals surface area (Å²) in [6.45, 7) is 1.56. The lowest BCUT2D eigenvalue weighted by Crippen LogP contribution is -2.48. The van der Waals surface area contributed by atoms with Crippen molar-refractivity contribution in [3.05, 3.63) is 0 Å². The molecule has 1 amide bonds. The van der Waals surface area contributed by atoms with Gasteiger partial charge in [0.15, 0.2) is 0 Å². The van der Waals surface area contributed by atoms with Gasteiger partial charge in [-0.1, -0.05) is 19.8 Å². The second kappa shape index (κ2) is 6.25. The minimum atomic E-state index is -4.41. The first-order valence-corrected chi connectivity index (χ1v) is 6.37. The standard InChI is InChI=1S/C12H18F3NO3/c1-2-9(11(18)19)16-10(17)7-5-3-4-6-8(7)12(13,14)15/h7-9H,2-6H2,1H3,(H,16,17)(H,18,19)/t7?,8?,9-/m0/s1. The lowest BCUT2D eigenvalue weighted by molar-refractivity contribution is -0.198. The van der Waals surface area contributed by atoms with Gasteiger partial charge in [-0.25, -0.2) is 4.79 Å². The van der Waals surface area contributed by atoms with Crippen molar-refractivity contribution in [2.24, 2.45) is 11.8 Å². The number of carbonyl (C=O) groups is 2. The van der Waals surface area contributed by atoms with E-state index in [-0.39, 0.29) is 19.3 Å². The van der Waals surface area contributed by atoms with Gasteiger partial charge in [0.1, 0.15) is 6.04 Å². The number of carboxylic acids is 1. The number of carboxylic acid groups (broad SMARTS) is 1. The van der Waals surface area contributed by atoms with Crippen molar-refractivity contribution < 1.29 is 27.9 Å². The number of hydrogen-bond acceptors (Lipinski definition) is 2. The van der Waals surface area contributed by atoms with E-state index in [0.717, 1.165) is 0 Å². The molecule has 0 radical (unpaired) electrons. The number of rotatable bonds is 4. The van der Waals surface area contributed by atoms with Crippen LogP contribution in [0.1, 0.15) is 39.0 Å². The zero-order valence-corrected chi connectivity index (χ0v) is 10.7. The van der Waals surface area contributed by atoms with Crippen molar-refractivity contribution in [2.75, 3.05) is 0 Å². The molecule has 110 valence electrons. The highest BCUT2D eigenvalue weighted by Gasteiger charge is 2.48. The Bertz CT molecular complexity index is 344. The van der Waals surface area contributed by atoms with Gasteiger partial charge >= 0.3 is 12.1 Å². The van der Waals surface area contributed by atoms with E-state index in [4.69, 9.17) is 5.11 Å². The highest BCUT2D eigenvalue weighted by atomic mass is 19.4. The number of amides is 1. The summed E-state index contributed by atoms with van der Waals surface area (Å²) < 4.78 is 38.5. The van der Waals surface area contributed by atoms with Crippen LogP contribution >= 0.6 is 0 Å². The summed E-state index contributed by atoms with van der Waals surface area (Å²) in [7, 11) is 0. The molecule has 0 aromatic carbocycles. The molecule has 1 rings (SSSR count). The number of carbonyl (C=O) groups excluding carboxylic acids is 1. The second-order valence-electron chi connectivity index (χ2n) is 4.85. The van der Waals surface area contributed by atoms with Gasteiger partial charge in [0, 0.05) is 5.92 Å². The molecule has 2 unspecified atom stereocenters. The third kappa shape index (κ3) is 4.11. The summed E-state index contributed by atoms with van der Waals surface area (Å²) in [6, 6.07) is -1.12. The van der Waals surface area contributed by atoms with Crippen LogP contribution in [0.2, 0.25) is 0 Å². The molecular formula is C12H18F3NO3. The zero-order chi connectivity index (χ0) is 14.6. The largest absolute Gasteiger partial charge is 0.480 e. The predicted octanol–water partition coefficient (Wildman–Crippen LogP) is 2.33. The molecular weight excluding hydrogens is 263 g/mol. The molecule has 0 bridgehead atoms. The molecule has 4 nitrogen and oxygen atoms in total. The molecule has 0 aromatic heterocycles. The quantitative estimate of drug-likeness (QED) is 0.831. The Balaban J connectivity index is 2.75. The maximum Gasteiger partial charge on any atom is 0.392 e. The predicted molar refractivity (Wildman–Crippen MR) is 61.4 cm³/mol. The van der Waals surface area contributed by atoms with Gasteiger partial charge in [-0.15, -0.1) is 0 Å². The third-order valence-corrected chi connectivity index (χ3v) is 3.55.